The zero-order chi connectivity index (χ0) is 14.9. The van der Waals surface area contributed by atoms with E-state index >= 15 is 0 Å². The fraction of sp³-hybridized carbons (Fsp3) is 0.412. The van der Waals surface area contributed by atoms with Gasteiger partial charge >= 0.3 is 0 Å². The summed E-state index contributed by atoms with van der Waals surface area (Å²) in [6, 6.07) is 10.6. The molecule has 0 aliphatic heterocycles. The van der Waals surface area contributed by atoms with Gasteiger partial charge in [0.05, 0.1) is 6.33 Å². The van der Waals surface area contributed by atoms with Crippen LogP contribution in [0, 0.1) is 0 Å². The van der Waals surface area contributed by atoms with Crippen LogP contribution >= 0.6 is 0 Å². The number of carbonyl (C=O) groups is 1. The molecule has 4 nitrogen and oxygen atoms in total. The number of hydrogen-bond donors (Lipinski definition) is 1. The van der Waals surface area contributed by atoms with Gasteiger partial charge in [-0.2, -0.15) is 0 Å². The number of nitrogens with one attached hydrogen (secondary N) is 1. The first-order valence-electron chi connectivity index (χ1n) is 7.54. The van der Waals surface area contributed by atoms with Gasteiger partial charge < -0.3 is 9.88 Å². The van der Waals surface area contributed by atoms with Crippen LogP contribution in [0.2, 0.25) is 0 Å². The third-order valence-electron chi connectivity index (χ3n) is 3.59. The number of unbranched alkanes of at least 4 members (excludes halogenated alkanes) is 1. The number of hydrogen-bond acceptors (Lipinski definition) is 2. The predicted molar refractivity (Wildman–Crippen MR) is 83.9 cm³/mol. The van der Waals surface area contributed by atoms with Gasteiger partial charge in [0.1, 0.15) is 0 Å². The molecule has 1 heterocycles. The maximum Gasteiger partial charge on any atom is 0.220 e. The summed E-state index contributed by atoms with van der Waals surface area (Å²) in [5.74, 6) is 0.134. The van der Waals surface area contributed by atoms with Crippen LogP contribution in [0.15, 0.2) is 49.1 Å². The summed E-state index contributed by atoms with van der Waals surface area (Å²) in [5.41, 5.74) is 1.34. The molecule has 1 atom stereocenters. The van der Waals surface area contributed by atoms with E-state index in [0.29, 0.717) is 13.0 Å². The van der Waals surface area contributed by atoms with Gasteiger partial charge in [0.15, 0.2) is 0 Å². The molecule has 0 spiro atoms. The molecule has 1 N–H and O–H groups in total. The molecule has 2 aromatic rings. The van der Waals surface area contributed by atoms with Crippen molar-refractivity contribution in [3.8, 4) is 0 Å². The topological polar surface area (TPSA) is 46.9 Å². The van der Waals surface area contributed by atoms with Crippen molar-refractivity contribution in [2.24, 2.45) is 0 Å². The molecular formula is C17H23N3O. The number of nitrogens with zero attached hydrogens (tertiary/aromatic N) is 2. The van der Waals surface area contributed by atoms with Crippen LogP contribution in [-0.2, 0) is 11.2 Å². The lowest BCUT2D eigenvalue weighted by molar-refractivity contribution is -0.121. The largest absolute Gasteiger partial charge is 0.354 e. The number of benzene rings is 1. The molecule has 0 radical (unpaired) electrons. The van der Waals surface area contributed by atoms with Crippen LogP contribution in [0.5, 0.6) is 0 Å². The normalized spacial score (nSPS) is 12.0. The number of rotatable bonds is 8. The van der Waals surface area contributed by atoms with Crippen molar-refractivity contribution >= 4 is 5.91 Å². The summed E-state index contributed by atoms with van der Waals surface area (Å²) in [6.45, 7) is 2.71. The zero-order valence-electron chi connectivity index (χ0n) is 12.5. The van der Waals surface area contributed by atoms with Gasteiger partial charge in [-0.3, -0.25) is 4.79 Å². The zero-order valence-corrected chi connectivity index (χ0v) is 12.5. The summed E-state index contributed by atoms with van der Waals surface area (Å²) in [4.78, 5) is 15.8. The summed E-state index contributed by atoms with van der Waals surface area (Å²) < 4.78 is 2.00. The standard InChI is InChI=1S/C17H23N3O/c1-15(20-12-11-18-14-20)13-19-17(21)10-6-5-9-16-7-3-2-4-8-16/h2-4,7-8,11-12,14-15H,5-6,9-10,13H2,1H3,(H,19,21)/t15-/m0/s1. The molecule has 0 saturated carbocycles. The molecule has 1 amide bonds. The molecule has 0 fully saturated rings. The second kappa shape index (κ2) is 8.25. The molecule has 0 bridgehead atoms. The van der Waals surface area contributed by atoms with Gasteiger partial charge in [-0.1, -0.05) is 30.3 Å². The van der Waals surface area contributed by atoms with Crippen molar-refractivity contribution in [2.75, 3.05) is 6.54 Å². The van der Waals surface area contributed by atoms with E-state index < -0.39 is 0 Å². The Morgan fingerprint density at radius 3 is 2.81 bits per heavy atom. The van der Waals surface area contributed by atoms with Gasteiger partial charge in [-0.15, -0.1) is 0 Å². The van der Waals surface area contributed by atoms with E-state index in [9.17, 15) is 4.79 Å². The Bertz CT molecular complexity index is 522. The van der Waals surface area contributed by atoms with Crippen LogP contribution in [0.3, 0.4) is 0 Å². The summed E-state index contributed by atoms with van der Waals surface area (Å²) in [7, 11) is 0. The fourth-order valence-corrected chi connectivity index (χ4v) is 2.24. The van der Waals surface area contributed by atoms with E-state index in [2.05, 4.69) is 41.5 Å². The van der Waals surface area contributed by atoms with Gasteiger partial charge in [0.25, 0.3) is 0 Å². The van der Waals surface area contributed by atoms with Gasteiger partial charge in [0.2, 0.25) is 5.91 Å². The lowest BCUT2D eigenvalue weighted by Gasteiger charge is -2.13. The maximum atomic E-state index is 11.8. The molecule has 1 aromatic carbocycles. The Labute approximate surface area is 126 Å². The molecule has 4 heteroatoms. The Balaban J connectivity index is 1.57. The van der Waals surface area contributed by atoms with Crippen molar-refractivity contribution in [3.63, 3.8) is 0 Å². The van der Waals surface area contributed by atoms with Crippen molar-refractivity contribution in [3.05, 3.63) is 54.6 Å². The van der Waals surface area contributed by atoms with Crippen LogP contribution in [0.4, 0.5) is 0 Å². The van der Waals surface area contributed by atoms with E-state index in [1.54, 1.807) is 12.5 Å². The molecule has 21 heavy (non-hydrogen) atoms. The number of imidazole rings is 1. The van der Waals surface area contributed by atoms with E-state index in [1.165, 1.54) is 5.56 Å². The average molecular weight is 285 g/mol. The first-order valence-corrected chi connectivity index (χ1v) is 7.54. The third-order valence-corrected chi connectivity index (χ3v) is 3.59. The van der Waals surface area contributed by atoms with E-state index in [1.807, 2.05) is 16.8 Å². The van der Waals surface area contributed by atoms with Gasteiger partial charge in [-0.05, 0) is 31.7 Å². The van der Waals surface area contributed by atoms with E-state index in [-0.39, 0.29) is 11.9 Å². The quantitative estimate of drug-likeness (QED) is 0.758. The van der Waals surface area contributed by atoms with Gasteiger partial charge in [0, 0.05) is 31.4 Å². The lowest BCUT2D eigenvalue weighted by atomic mass is 10.1. The monoisotopic (exact) mass is 285 g/mol. The Morgan fingerprint density at radius 2 is 2.10 bits per heavy atom. The Morgan fingerprint density at radius 1 is 1.29 bits per heavy atom. The third kappa shape index (κ3) is 5.42. The maximum absolute atomic E-state index is 11.8. The molecule has 0 aliphatic rings. The highest BCUT2D eigenvalue weighted by Gasteiger charge is 2.06. The minimum Gasteiger partial charge on any atom is -0.354 e. The second-order valence-electron chi connectivity index (χ2n) is 5.36. The average Bonchev–Trinajstić information content (AvgIpc) is 3.05. The fourth-order valence-electron chi connectivity index (χ4n) is 2.24. The van der Waals surface area contributed by atoms with Crippen LogP contribution in [0.25, 0.3) is 0 Å². The highest BCUT2D eigenvalue weighted by atomic mass is 16.1. The van der Waals surface area contributed by atoms with Crippen LogP contribution in [0.1, 0.15) is 37.8 Å². The van der Waals surface area contributed by atoms with E-state index in [0.717, 1.165) is 19.3 Å². The highest BCUT2D eigenvalue weighted by molar-refractivity contribution is 5.75. The summed E-state index contributed by atoms with van der Waals surface area (Å²) in [5, 5.41) is 2.98. The van der Waals surface area contributed by atoms with Crippen molar-refractivity contribution in [2.45, 2.75) is 38.6 Å². The minimum atomic E-state index is 0.134. The smallest absolute Gasteiger partial charge is 0.220 e. The Kier molecular flexibility index (Phi) is 6.00. The minimum absolute atomic E-state index is 0.134. The molecule has 0 aliphatic carbocycles. The van der Waals surface area contributed by atoms with Crippen molar-refractivity contribution in [1.29, 1.82) is 0 Å². The SMILES string of the molecule is C[C@@H](CNC(=O)CCCCc1ccccc1)n1ccnc1. The predicted octanol–water partition coefficient (Wildman–Crippen LogP) is 2.97. The Hall–Kier alpha value is -2.10. The summed E-state index contributed by atoms with van der Waals surface area (Å²) in [6.07, 6.45) is 9.06. The molecule has 112 valence electrons. The second-order valence-corrected chi connectivity index (χ2v) is 5.36. The van der Waals surface area contributed by atoms with Crippen molar-refractivity contribution < 1.29 is 4.79 Å². The molecule has 0 saturated heterocycles. The first-order chi connectivity index (χ1) is 10.3. The highest BCUT2D eigenvalue weighted by Crippen LogP contribution is 2.07. The molecule has 1 aromatic heterocycles. The first kappa shape index (κ1) is 15.3. The van der Waals surface area contributed by atoms with Crippen LogP contribution < -0.4 is 5.32 Å². The number of amides is 1. The van der Waals surface area contributed by atoms with E-state index in [4.69, 9.17) is 0 Å². The molecular weight excluding hydrogens is 262 g/mol. The number of aryl methyl sites for hydroxylation is 1. The molecule has 0 unspecified atom stereocenters. The number of aromatic nitrogens is 2. The lowest BCUT2D eigenvalue weighted by Crippen LogP contribution is -2.29. The van der Waals surface area contributed by atoms with Crippen LogP contribution in [-0.4, -0.2) is 22.0 Å². The summed E-state index contributed by atoms with van der Waals surface area (Å²) >= 11 is 0. The number of carbonyl (C=O) groups excluding carboxylic acids is 1. The molecule has 2 rings (SSSR count). The van der Waals surface area contributed by atoms with Crippen molar-refractivity contribution in [1.82, 2.24) is 14.9 Å². The van der Waals surface area contributed by atoms with Gasteiger partial charge in [-0.25, -0.2) is 4.98 Å².